The van der Waals surface area contributed by atoms with Gasteiger partial charge in [0.2, 0.25) is 0 Å². The van der Waals surface area contributed by atoms with Gasteiger partial charge >= 0.3 is 0 Å². The molecule has 6 heteroatoms. The van der Waals surface area contributed by atoms with Crippen LogP contribution in [0.15, 0.2) is 0 Å². The number of unbranched alkanes of at least 4 members (excludes halogenated alkanes) is 4. The van der Waals surface area contributed by atoms with Gasteiger partial charge in [-0.15, -0.1) is 0 Å². The molecule has 0 amide bonds. The van der Waals surface area contributed by atoms with Crippen LogP contribution in [0.4, 0.5) is 0 Å². The van der Waals surface area contributed by atoms with E-state index in [1.165, 1.54) is 38.5 Å². The van der Waals surface area contributed by atoms with Crippen LogP contribution in [0.1, 0.15) is 45.4 Å². The molecule has 22 heavy (non-hydrogen) atoms. The highest BCUT2D eigenvalue weighted by Gasteiger charge is 2.16. The van der Waals surface area contributed by atoms with Crippen LogP contribution in [0.5, 0.6) is 0 Å². The van der Waals surface area contributed by atoms with E-state index in [4.69, 9.17) is 18.9 Å². The summed E-state index contributed by atoms with van der Waals surface area (Å²) in [6.45, 7) is 2.27. The van der Waals surface area contributed by atoms with Crippen LogP contribution in [-0.4, -0.2) is 60.1 Å². The summed E-state index contributed by atoms with van der Waals surface area (Å²) in [5.74, 6) is 0. The van der Waals surface area contributed by atoms with Gasteiger partial charge in [0.15, 0.2) is 12.6 Å². The zero-order chi connectivity index (χ0) is 16.6. The zero-order valence-electron chi connectivity index (χ0n) is 15.4. The number of methoxy groups -OCH3 is 4. The molecule has 0 N–H and O–H groups in total. The Morgan fingerprint density at radius 2 is 1.14 bits per heavy atom. The number of rotatable bonds is 16. The third-order valence-corrected chi connectivity index (χ3v) is 10.9. The predicted molar refractivity (Wildman–Crippen MR) is 99.4 cm³/mol. The number of ether oxygens (including phenoxy) is 4. The van der Waals surface area contributed by atoms with Gasteiger partial charge in [0.1, 0.15) is 0 Å². The van der Waals surface area contributed by atoms with Crippen molar-refractivity contribution >= 4 is 19.0 Å². The second-order valence-electron chi connectivity index (χ2n) is 6.03. The average molecular weight is 351 g/mol. The van der Waals surface area contributed by atoms with Crippen molar-refractivity contribution in [3.63, 3.8) is 0 Å². The zero-order valence-corrected chi connectivity index (χ0v) is 18.3. The first kappa shape index (κ1) is 22.3. The fourth-order valence-corrected chi connectivity index (χ4v) is 9.03. The molecular weight excluding hydrogens is 312 g/mol. The number of hydrogen-bond donors (Lipinski definition) is 0. The van der Waals surface area contributed by atoms with Gasteiger partial charge in [0.25, 0.3) is 0 Å². The van der Waals surface area contributed by atoms with Gasteiger partial charge in [-0.05, 0) is 12.1 Å². The van der Waals surface area contributed by atoms with Crippen molar-refractivity contribution in [2.24, 2.45) is 0 Å². The average Bonchev–Trinajstić information content (AvgIpc) is 2.55. The fraction of sp³-hybridized carbons (Fsp3) is 1.00. The van der Waals surface area contributed by atoms with E-state index in [-0.39, 0.29) is 31.6 Å². The van der Waals surface area contributed by atoms with Gasteiger partial charge in [-0.2, -0.15) is 0 Å². The molecule has 0 atom stereocenters. The Morgan fingerprint density at radius 1 is 0.682 bits per heavy atom. The normalized spacial score (nSPS) is 14.3. The van der Waals surface area contributed by atoms with Crippen LogP contribution in [-0.2, 0) is 18.9 Å². The van der Waals surface area contributed by atoms with Crippen LogP contribution >= 0.6 is 0 Å². The van der Waals surface area contributed by atoms with Gasteiger partial charge in [-0.1, -0.05) is 50.6 Å². The molecule has 0 aliphatic rings. The van der Waals surface area contributed by atoms with E-state index in [0.29, 0.717) is 0 Å². The van der Waals surface area contributed by atoms with Crippen LogP contribution in [0.3, 0.4) is 0 Å². The van der Waals surface area contributed by atoms with Gasteiger partial charge < -0.3 is 18.9 Å². The number of hydrogen-bond acceptors (Lipinski definition) is 4. The molecule has 134 valence electrons. The molecule has 0 saturated carbocycles. The quantitative estimate of drug-likeness (QED) is 0.243. The molecule has 0 aromatic heterocycles. The highest BCUT2D eigenvalue weighted by atomic mass is 28.3. The maximum absolute atomic E-state index is 5.35. The largest absolute Gasteiger partial charge is 0.356 e. The van der Waals surface area contributed by atoms with E-state index in [9.17, 15) is 0 Å². The SMILES string of the molecule is CCCCCCCC([SiH2]CC(OC)OC)[SiH2]CC(OC)OC. The summed E-state index contributed by atoms with van der Waals surface area (Å²) in [6, 6.07) is 2.26. The lowest BCUT2D eigenvalue weighted by molar-refractivity contribution is -0.0879. The van der Waals surface area contributed by atoms with Gasteiger partial charge in [0.05, 0.1) is 0 Å². The molecule has 0 radical (unpaired) electrons. The van der Waals surface area contributed by atoms with Crippen LogP contribution in [0.25, 0.3) is 0 Å². The first-order valence-electron chi connectivity index (χ1n) is 8.82. The van der Waals surface area contributed by atoms with Crippen LogP contribution in [0.2, 0.25) is 17.3 Å². The van der Waals surface area contributed by atoms with Gasteiger partial charge in [-0.3, -0.25) is 0 Å². The summed E-state index contributed by atoms with van der Waals surface area (Å²) >= 11 is 0. The summed E-state index contributed by atoms with van der Waals surface area (Å²) in [7, 11) is 6.68. The van der Waals surface area contributed by atoms with Crippen molar-refractivity contribution in [2.75, 3.05) is 28.4 Å². The molecule has 0 unspecified atom stereocenters. The Hall–Kier alpha value is 0.274. The minimum absolute atomic E-state index is 0.00362. The maximum atomic E-state index is 5.35. The Bertz CT molecular complexity index is 208. The molecule has 0 saturated heterocycles. The molecule has 0 spiro atoms. The third kappa shape index (κ3) is 11.8. The van der Waals surface area contributed by atoms with Crippen molar-refractivity contribution in [3.8, 4) is 0 Å². The topological polar surface area (TPSA) is 36.9 Å². The Morgan fingerprint density at radius 3 is 1.55 bits per heavy atom. The molecule has 0 rings (SSSR count). The summed E-state index contributed by atoms with van der Waals surface area (Å²) in [4.78, 5) is 0. The summed E-state index contributed by atoms with van der Waals surface area (Å²) < 4.78 is 21.4. The molecule has 0 aromatic rings. The minimum Gasteiger partial charge on any atom is -0.356 e. The molecule has 0 fully saturated rings. The Balaban J connectivity index is 4.11. The summed E-state index contributed by atoms with van der Waals surface area (Å²) in [5.41, 5.74) is 0. The van der Waals surface area contributed by atoms with Crippen molar-refractivity contribution < 1.29 is 18.9 Å². The highest BCUT2D eigenvalue weighted by molar-refractivity contribution is 6.59. The molecule has 4 nitrogen and oxygen atoms in total. The second kappa shape index (κ2) is 16.1. The maximum Gasteiger partial charge on any atom is 0.153 e. The molecule has 0 aliphatic heterocycles. The van der Waals surface area contributed by atoms with Crippen molar-refractivity contribution in [1.82, 2.24) is 0 Å². The molecule has 0 bridgehead atoms. The first-order valence-corrected chi connectivity index (χ1v) is 12.5. The Labute approximate surface area is 142 Å². The first-order chi connectivity index (χ1) is 10.7. The van der Waals surface area contributed by atoms with E-state index >= 15 is 0 Å². The van der Waals surface area contributed by atoms with Crippen LogP contribution in [0, 0.1) is 0 Å². The monoisotopic (exact) mass is 350 g/mol. The molecule has 0 heterocycles. The minimum atomic E-state index is -0.141. The Kier molecular flexibility index (Phi) is 16.3. The molecular formula is C16H38O4Si2. The summed E-state index contributed by atoms with van der Waals surface area (Å²) in [5, 5.41) is 0.974. The lowest BCUT2D eigenvalue weighted by Crippen LogP contribution is -2.23. The second-order valence-corrected chi connectivity index (χ2v) is 11.8. The summed E-state index contributed by atoms with van der Waals surface area (Å²) in [6.07, 6.45) is 8.28. The third-order valence-electron chi connectivity index (χ3n) is 4.39. The van der Waals surface area contributed by atoms with Gasteiger partial charge in [0, 0.05) is 47.5 Å². The van der Waals surface area contributed by atoms with Gasteiger partial charge in [-0.25, -0.2) is 0 Å². The lowest BCUT2D eigenvalue weighted by Gasteiger charge is -2.21. The van der Waals surface area contributed by atoms with Crippen molar-refractivity contribution in [3.05, 3.63) is 0 Å². The standard InChI is InChI=1S/C16H38O4Si2/c1-6-7-8-9-10-11-16(21-12-14(17-2)18-3)22-13-15(19-4)20-5/h14-16H,6-13,21-22H2,1-5H3. The van der Waals surface area contributed by atoms with E-state index in [0.717, 1.165) is 17.3 Å². The van der Waals surface area contributed by atoms with E-state index in [2.05, 4.69) is 6.92 Å². The smallest absolute Gasteiger partial charge is 0.153 e. The van der Waals surface area contributed by atoms with Crippen molar-refractivity contribution in [2.45, 2.75) is 75.3 Å². The molecule has 0 aliphatic carbocycles. The fourth-order valence-electron chi connectivity index (χ4n) is 2.88. The van der Waals surface area contributed by atoms with E-state index in [1.807, 2.05) is 0 Å². The van der Waals surface area contributed by atoms with Crippen molar-refractivity contribution in [1.29, 1.82) is 0 Å². The molecule has 0 aromatic carbocycles. The van der Waals surface area contributed by atoms with Crippen LogP contribution < -0.4 is 0 Å². The van der Waals surface area contributed by atoms with E-state index in [1.54, 1.807) is 28.4 Å². The highest BCUT2D eigenvalue weighted by Crippen LogP contribution is 2.19. The van der Waals surface area contributed by atoms with E-state index < -0.39 is 0 Å². The predicted octanol–water partition coefficient (Wildman–Crippen LogP) is 2.50. The lowest BCUT2D eigenvalue weighted by atomic mass is 10.1.